The van der Waals surface area contributed by atoms with Crippen molar-refractivity contribution in [3.63, 3.8) is 0 Å². The fourth-order valence-electron chi connectivity index (χ4n) is 1.56. The lowest BCUT2D eigenvalue weighted by atomic mass is 10.0. The molecule has 0 saturated carbocycles. The van der Waals surface area contributed by atoms with Crippen LogP contribution in [0.25, 0.3) is 0 Å². The molecule has 15 heavy (non-hydrogen) atoms. The van der Waals surface area contributed by atoms with E-state index in [4.69, 9.17) is 5.73 Å². The zero-order chi connectivity index (χ0) is 11.7. The third-order valence-corrected chi connectivity index (χ3v) is 2.34. The van der Waals surface area contributed by atoms with E-state index < -0.39 is 0 Å². The van der Waals surface area contributed by atoms with E-state index in [1.165, 1.54) is 0 Å². The van der Waals surface area contributed by atoms with Gasteiger partial charge in [-0.2, -0.15) is 0 Å². The molecular formula is C12H26N2O. The topological polar surface area (TPSA) is 55.1 Å². The number of carbonyl (C=O) groups is 1. The van der Waals surface area contributed by atoms with Crippen molar-refractivity contribution in [3.8, 4) is 0 Å². The first-order chi connectivity index (χ1) is 7.06. The fraction of sp³-hybridized carbons (Fsp3) is 0.917. The quantitative estimate of drug-likeness (QED) is 0.608. The molecule has 0 saturated heterocycles. The lowest BCUT2D eigenvalue weighted by Crippen LogP contribution is -2.37. The molecule has 0 fully saturated rings. The summed E-state index contributed by atoms with van der Waals surface area (Å²) in [5, 5.41) is 2.88. The standard InChI is InChI=1S/C12H26N2O/c1-4-5-6-7-12(15)14-9-11(13)8-10(2)3/h10-11H,4-9,13H2,1-3H3,(H,14,15). The largest absolute Gasteiger partial charge is 0.355 e. The maximum Gasteiger partial charge on any atom is 0.220 e. The molecule has 1 unspecified atom stereocenters. The van der Waals surface area contributed by atoms with Gasteiger partial charge in [0.15, 0.2) is 0 Å². The van der Waals surface area contributed by atoms with E-state index in [9.17, 15) is 4.79 Å². The van der Waals surface area contributed by atoms with Crippen molar-refractivity contribution in [1.29, 1.82) is 0 Å². The summed E-state index contributed by atoms with van der Waals surface area (Å²) in [4.78, 5) is 11.3. The van der Waals surface area contributed by atoms with E-state index in [0.717, 1.165) is 25.7 Å². The molecule has 0 aromatic rings. The number of nitrogens with one attached hydrogen (secondary N) is 1. The predicted octanol–water partition coefficient (Wildman–Crippen LogP) is 2.06. The average molecular weight is 214 g/mol. The van der Waals surface area contributed by atoms with E-state index in [1.54, 1.807) is 0 Å². The van der Waals surface area contributed by atoms with E-state index in [-0.39, 0.29) is 11.9 Å². The zero-order valence-corrected chi connectivity index (χ0v) is 10.4. The Bertz CT molecular complexity index is 169. The van der Waals surface area contributed by atoms with Crippen LogP contribution >= 0.6 is 0 Å². The maximum absolute atomic E-state index is 11.3. The van der Waals surface area contributed by atoms with Crippen molar-refractivity contribution < 1.29 is 4.79 Å². The van der Waals surface area contributed by atoms with Crippen LogP contribution in [0, 0.1) is 5.92 Å². The van der Waals surface area contributed by atoms with Crippen molar-refractivity contribution in [2.45, 2.75) is 58.9 Å². The normalized spacial score (nSPS) is 12.9. The van der Waals surface area contributed by atoms with Gasteiger partial charge in [-0.1, -0.05) is 33.6 Å². The van der Waals surface area contributed by atoms with Gasteiger partial charge in [-0.15, -0.1) is 0 Å². The van der Waals surface area contributed by atoms with Crippen LogP contribution in [0.3, 0.4) is 0 Å². The van der Waals surface area contributed by atoms with Crippen LogP contribution < -0.4 is 11.1 Å². The molecule has 0 radical (unpaired) electrons. The molecule has 3 nitrogen and oxygen atoms in total. The second kappa shape index (κ2) is 8.72. The Kier molecular flexibility index (Phi) is 8.38. The highest BCUT2D eigenvalue weighted by Crippen LogP contribution is 2.02. The first-order valence-corrected chi connectivity index (χ1v) is 6.08. The van der Waals surface area contributed by atoms with Gasteiger partial charge in [-0.25, -0.2) is 0 Å². The lowest BCUT2D eigenvalue weighted by molar-refractivity contribution is -0.121. The lowest BCUT2D eigenvalue weighted by Gasteiger charge is -2.14. The van der Waals surface area contributed by atoms with Gasteiger partial charge >= 0.3 is 0 Å². The van der Waals surface area contributed by atoms with Crippen molar-refractivity contribution in [2.75, 3.05) is 6.54 Å². The second-order valence-corrected chi connectivity index (χ2v) is 4.65. The van der Waals surface area contributed by atoms with Crippen LogP contribution in [-0.4, -0.2) is 18.5 Å². The van der Waals surface area contributed by atoms with Gasteiger partial charge in [0.05, 0.1) is 0 Å². The van der Waals surface area contributed by atoms with Gasteiger partial charge in [-0.05, 0) is 18.8 Å². The zero-order valence-electron chi connectivity index (χ0n) is 10.4. The Labute approximate surface area is 93.8 Å². The fourth-order valence-corrected chi connectivity index (χ4v) is 1.56. The van der Waals surface area contributed by atoms with E-state index in [2.05, 4.69) is 26.1 Å². The Morgan fingerprint density at radius 1 is 1.33 bits per heavy atom. The first kappa shape index (κ1) is 14.4. The molecule has 1 atom stereocenters. The third kappa shape index (κ3) is 9.73. The molecule has 3 heteroatoms. The SMILES string of the molecule is CCCCCC(=O)NCC(N)CC(C)C. The predicted molar refractivity (Wildman–Crippen MR) is 64.6 cm³/mol. The Morgan fingerprint density at radius 2 is 2.00 bits per heavy atom. The number of unbranched alkanes of at least 4 members (excludes halogenated alkanes) is 2. The van der Waals surface area contributed by atoms with Crippen molar-refractivity contribution in [2.24, 2.45) is 11.7 Å². The summed E-state index contributed by atoms with van der Waals surface area (Å²) in [6, 6.07) is 0.0973. The Hall–Kier alpha value is -0.570. The summed E-state index contributed by atoms with van der Waals surface area (Å²) in [5.41, 5.74) is 5.86. The van der Waals surface area contributed by atoms with E-state index >= 15 is 0 Å². The molecule has 0 aliphatic carbocycles. The molecule has 0 heterocycles. The van der Waals surface area contributed by atoms with Crippen LogP contribution in [-0.2, 0) is 4.79 Å². The molecule has 0 aliphatic heterocycles. The molecule has 1 amide bonds. The number of nitrogens with two attached hydrogens (primary N) is 1. The van der Waals surface area contributed by atoms with Gasteiger partial charge in [0, 0.05) is 19.0 Å². The number of amides is 1. The van der Waals surface area contributed by atoms with E-state index in [0.29, 0.717) is 18.9 Å². The Balaban J connectivity index is 3.44. The summed E-state index contributed by atoms with van der Waals surface area (Å²) in [7, 11) is 0. The van der Waals surface area contributed by atoms with Gasteiger partial charge < -0.3 is 11.1 Å². The summed E-state index contributed by atoms with van der Waals surface area (Å²) in [6.07, 6.45) is 4.88. The first-order valence-electron chi connectivity index (χ1n) is 6.08. The molecule has 0 bridgehead atoms. The summed E-state index contributed by atoms with van der Waals surface area (Å²) in [5.74, 6) is 0.736. The highest BCUT2D eigenvalue weighted by molar-refractivity contribution is 5.75. The monoisotopic (exact) mass is 214 g/mol. The van der Waals surface area contributed by atoms with E-state index in [1.807, 2.05) is 0 Å². The second-order valence-electron chi connectivity index (χ2n) is 4.65. The molecule has 3 N–H and O–H groups in total. The van der Waals surface area contributed by atoms with Crippen molar-refractivity contribution in [3.05, 3.63) is 0 Å². The van der Waals surface area contributed by atoms with Gasteiger partial charge in [0.1, 0.15) is 0 Å². The minimum Gasteiger partial charge on any atom is -0.355 e. The highest BCUT2D eigenvalue weighted by atomic mass is 16.1. The molecule has 0 rings (SSSR count). The van der Waals surface area contributed by atoms with Gasteiger partial charge in [0.25, 0.3) is 0 Å². The minimum absolute atomic E-state index is 0.0973. The molecule has 0 spiro atoms. The minimum atomic E-state index is 0.0973. The van der Waals surface area contributed by atoms with Crippen LogP contribution in [0.4, 0.5) is 0 Å². The molecular weight excluding hydrogens is 188 g/mol. The molecule has 0 aromatic carbocycles. The van der Waals surface area contributed by atoms with Crippen LogP contribution in [0.5, 0.6) is 0 Å². The molecule has 0 aliphatic rings. The number of hydrogen-bond acceptors (Lipinski definition) is 2. The molecule has 90 valence electrons. The third-order valence-electron chi connectivity index (χ3n) is 2.34. The average Bonchev–Trinajstić information content (AvgIpc) is 2.14. The maximum atomic E-state index is 11.3. The highest BCUT2D eigenvalue weighted by Gasteiger charge is 2.07. The smallest absolute Gasteiger partial charge is 0.220 e. The van der Waals surface area contributed by atoms with Crippen LogP contribution in [0.2, 0.25) is 0 Å². The van der Waals surface area contributed by atoms with Gasteiger partial charge in [0.2, 0.25) is 5.91 Å². The van der Waals surface area contributed by atoms with Crippen molar-refractivity contribution in [1.82, 2.24) is 5.32 Å². The van der Waals surface area contributed by atoms with Gasteiger partial charge in [-0.3, -0.25) is 4.79 Å². The van der Waals surface area contributed by atoms with Crippen LogP contribution in [0.15, 0.2) is 0 Å². The Morgan fingerprint density at radius 3 is 2.53 bits per heavy atom. The van der Waals surface area contributed by atoms with Crippen molar-refractivity contribution >= 4 is 5.91 Å². The number of carbonyl (C=O) groups excluding carboxylic acids is 1. The number of rotatable bonds is 8. The number of hydrogen-bond donors (Lipinski definition) is 2. The van der Waals surface area contributed by atoms with Crippen LogP contribution in [0.1, 0.15) is 52.9 Å². The summed E-state index contributed by atoms with van der Waals surface area (Å²) < 4.78 is 0. The summed E-state index contributed by atoms with van der Waals surface area (Å²) in [6.45, 7) is 7.03. The summed E-state index contributed by atoms with van der Waals surface area (Å²) >= 11 is 0. The molecule has 0 aromatic heterocycles.